The molecule has 1 aromatic carbocycles. The summed E-state index contributed by atoms with van der Waals surface area (Å²) in [7, 11) is 1.68. The molecule has 1 saturated heterocycles. The van der Waals surface area contributed by atoms with Gasteiger partial charge in [-0.15, -0.1) is 0 Å². The molecule has 0 amide bonds. The van der Waals surface area contributed by atoms with Crippen LogP contribution in [-0.4, -0.2) is 19.8 Å². The predicted molar refractivity (Wildman–Crippen MR) is 73.3 cm³/mol. The topological polar surface area (TPSA) is 18.5 Å². The summed E-state index contributed by atoms with van der Waals surface area (Å²) < 4.78 is 11.0. The van der Waals surface area contributed by atoms with Crippen LogP contribution in [0.3, 0.4) is 0 Å². The monoisotopic (exact) mass is 318 g/mol. The molecule has 1 aliphatic rings. The first-order valence-electron chi connectivity index (χ1n) is 5.80. The highest BCUT2D eigenvalue weighted by atomic mass is 79.9. The van der Waals surface area contributed by atoms with Crippen LogP contribution in [-0.2, 0) is 4.74 Å². The van der Waals surface area contributed by atoms with Gasteiger partial charge in [-0.1, -0.05) is 27.5 Å². The van der Waals surface area contributed by atoms with E-state index in [9.17, 15) is 0 Å². The van der Waals surface area contributed by atoms with E-state index in [2.05, 4.69) is 15.9 Å². The van der Waals surface area contributed by atoms with Gasteiger partial charge in [-0.05, 0) is 37.5 Å². The number of halogens is 2. The summed E-state index contributed by atoms with van der Waals surface area (Å²) in [6.07, 6.45) is 3.61. The average molecular weight is 320 g/mol. The first-order valence-corrected chi connectivity index (χ1v) is 7.09. The Morgan fingerprint density at radius 1 is 1.59 bits per heavy atom. The average Bonchev–Trinajstić information content (AvgIpc) is 2.81. The molecule has 1 aromatic rings. The van der Waals surface area contributed by atoms with E-state index in [1.165, 1.54) is 0 Å². The SMILES string of the molecule is COc1ccc(Cl)cc1C(Br)CC1CCCO1. The van der Waals surface area contributed by atoms with Crippen molar-refractivity contribution >= 4 is 27.5 Å². The summed E-state index contributed by atoms with van der Waals surface area (Å²) in [6, 6.07) is 5.70. The maximum absolute atomic E-state index is 6.03. The molecule has 0 aromatic heterocycles. The van der Waals surface area contributed by atoms with Crippen molar-refractivity contribution in [1.29, 1.82) is 0 Å². The van der Waals surface area contributed by atoms with Crippen LogP contribution in [0.2, 0.25) is 5.02 Å². The Hall–Kier alpha value is -0.250. The van der Waals surface area contributed by atoms with E-state index in [0.29, 0.717) is 6.10 Å². The summed E-state index contributed by atoms with van der Waals surface area (Å²) in [5, 5.41) is 0.734. The van der Waals surface area contributed by atoms with Crippen LogP contribution >= 0.6 is 27.5 Å². The van der Waals surface area contributed by atoms with Gasteiger partial charge in [-0.25, -0.2) is 0 Å². The molecule has 2 atom stereocenters. The van der Waals surface area contributed by atoms with Crippen LogP contribution in [0.5, 0.6) is 5.75 Å². The highest BCUT2D eigenvalue weighted by Gasteiger charge is 2.22. The van der Waals surface area contributed by atoms with E-state index in [1.54, 1.807) is 7.11 Å². The number of hydrogen-bond acceptors (Lipinski definition) is 2. The number of methoxy groups -OCH3 is 1. The fourth-order valence-electron chi connectivity index (χ4n) is 2.14. The molecule has 0 aliphatic carbocycles. The van der Waals surface area contributed by atoms with Gasteiger partial charge >= 0.3 is 0 Å². The van der Waals surface area contributed by atoms with E-state index >= 15 is 0 Å². The molecule has 0 saturated carbocycles. The molecule has 0 N–H and O–H groups in total. The normalized spacial score (nSPS) is 21.5. The Morgan fingerprint density at radius 3 is 3.06 bits per heavy atom. The number of benzene rings is 1. The summed E-state index contributed by atoms with van der Waals surface area (Å²) in [5.74, 6) is 0.870. The minimum Gasteiger partial charge on any atom is -0.496 e. The van der Waals surface area contributed by atoms with E-state index in [4.69, 9.17) is 21.1 Å². The third kappa shape index (κ3) is 3.36. The third-order valence-electron chi connectivity index (χ3n) is 3.02. The lowest BCUT2D eigenvalue weighted by Gasteiger charge is -2.17. The van der Waals surface area contributed by atoms with Crippen molar-refractivity contribution in [1.82, 2.24) is 0 Å². The summed E-state index contributed by atoms with van der Waals surface area (Å²) in [4.78, 5) is 0.222. The number of rotatable bonds is 4. The zero-order valence-electron chi connectivity index (χ0n) is 9.79. The van der Waals surface area contributed by atoms with Crippen molar-refractivity contribution in [3.05, 3.63) is 28.8 Å². The Kier molecular flexibility index (Phi) is 4.71. The van der Waals surface area contributed by atoms with Gasteiger partial charge in [0, 0.05) is 22.0 Å². The molecule has 17 heavy (non-hydrogen) atoms. The van der Waals surface area contributed by atoms with Gasteiger partial charge in [0.2, 0.25) is 0 Å². The lowest BCUT2D eigenvalue weighted by Crippen LogP contribution is -2.08. The third-order valence-corrected chi connectivity index (χ3v) is 4.13. The molecule has 0 spiro atoms. The quantitative estimate of drug-likeness (QED) is 0.768. The Bertz CT molecular complexity index is 378. The number of ether oxygens (including phenoxy) is 2. The van der Waals surface area contributed by atoms with Crippen LogP contribution in [0.4, 0.5) is 0 Å². The number of alkyl halides is 1. The zero-order valence-corrected chi connectivity index (χ0v) is 12.1. The van der Waals surface area contributed by atoms with Gasteiger partial charge < -0.3 is 9.47 Å². The fraction of sp³-hybridized carbons (Fsp3) is 0.538. The lowest BCUT2D eigenvalue weighted by molar-refractivity contribution is 0.104. The molecular formula is C13H16BrClO2. The first kappa shape index (κ1) is 13.2. The second-order valence-electron chi connectivity index (χ2n) is 4.22. The minimum absolute atomic E-state index is 0.222. The summed E-state index contributed by atoms with van der Waals surface area (Å²) in [6.45, 7) is 0.886. The standard InChI is InChI=1S/C13H16BrClO2/c1-16-13-5-4-9(15)7-11(13)12(14)8-10-3-2-6-17-10/h4-5,7,10,12H,2-3,6,8H2,1H3. The highest BCUT2D eigenvalue weighted by Crippen LogP contribution is 2.38. The lowest BCUT2D eigenvalue weighted by atomic mass is 10.0. The van der Waals surface area contributed by atoms with Crippen LogP contribution in [0.1, 0.15) is 29.7 Å². The fourth-order valence-corrected chi connectivity index (χ4v) is 3.09. The molecule has 4 heteroatoms. The van der Waals surface area contributed by atoms with E-state index in [0.717, 1.165) is 42.2 Å². The largest absolute Gasteiger partial charge is 0.496 e. The number of hydrogen-bond donors (Lipinski definition) is 0. The molecule has 1 fully saturated rings. The van der Waals surface area contributed by atoms with Gasteiger partial charge in [-0.2, -0.15) is 0 Å². The van der Waals surface area contributed by atoms with Gasteiger partial charge in [0.05, 0.1) is 13.2 Å². The second kappa shape index (κ2) is 6.07. The van der Waals surface area contributed by atoms with Gasteiger partial charge in [-0.3, -0.25) is 0 Å². The van der Waals surface area contributed by atoms with Crippen molar-refractivity contribution in [3.63, 3.8) is 0 Å². The maximum atomic E-state index is 6.03. The van der Waals surface area contributed by atoms with Crippen LogP contribution in [0.25, 0.3) is 0 Å². The molecule has 2 rings (SSSR count). The first-order chi connectivity index (χ1) is 8.20. The van der Waals surface area contributed by atoms with Gasteiger partial charge in [0.1, 0.15) is 5.75 Å². The maximum Gasteiger partial charge on any atom is 0.123 e. The Morgan fingerprint density at radius 2 is 2.41 bits per heavy atom. The van der Waals surface area contributed by atoms with Crippen LogP contribution in [0.15, 0.2) is 18.2 Å². The molecule has 2 nitrogen and oxygen atoms in total. The van der Waals surface area contributed by atoms with Crippen molar-refractivity contribution in [3.8, 4) is 5.75 Å². The Balaban J connectivity index is 2.11. The molecule has 0 bridgehead atoms. The molecule has 1 heterocycles. The van der Waals surface area contributed by atoms with Crippen molar-refractivity contribution in [2.75, 3.05) is 13.7 Å². The second-order valence-corrected chi connectivity index (χ2v) is 5.77. The smallest absolute Gasteiger partial charge is 0.123 e. The molecule has 1 aliphatic heterocycles. The van der Waals surface area contributed by atoms with E-state index < -0.39 is 0 Å². The van der Waals surface area contributed by atoms with E-state index in [-0.39, 0.29) is 4.83 Å². The molecule has 2 unspecified atom stereocenters. The van der Waals surface area contributed by atoms with Crippen molar-refractivity contribution in [2.45, 2.75) is 30.2 Å². The summed E-state index contributed by atoms with van der Waals surface area (Å²) in [5.41, 5.74) is 1.09. The van der Waals surface area contributed by atoms with Crippen molar-refractivity contribution in [2.24, 2.45) is 0 Å². The molecule has 0 radical (unpaired) electrons. The van der Waals surface area contributed by atoms with Crippen molar-refractivity contribution < 1.29 is 9.47 Å². The van der Waals surface area contributed by atoms with Gasteiger partial charge in [0.15, 0.2) is 0 Å². The van der Waals surface area contributed by atoms with Gasteiger partial charge in [0.25, 0.3) is 0 Å². The van der Waals surface area contributed by atoms with Crippen LogP contribution in [0, 0.1) is 0 Å². The predicted octanol–water partition coefficient (Wildman–Crippen LogP) is 4.35. The minimum atomic E-state index is 0.222. The summed E-state index contributed by atoms with van der Waals surface area (Å²) >= 11 is 9.73. The highest BCUT2D eigenvalue weighted by molar-refractivity contribution is 9.09. The molecular weight excluding hydrogens is 303 g/mol. The zero-order chi connectivity index (χ0) is 12.3. The van der Waals surface area contributed by atoms with Crippen LogP contribution < -0.4 is 4.74 Å². The Labute approximate surface area is 115 Å². The van der Waals surface area contributed by atoms with E-state index in [1.807, 2.05) is 18.2 Å². The molecule has 94 valence electrons.